The molecule has 0 heterocycles. The average Bonchev–Trinajstić information content (AvgIpc) is 2.26. The molecule has 0 spiro atoms. The quantitative estimate of drug-likeness (QED) is 0.735. The van der Waals surface area contributed by atoms with E-state index in [4.69, 9.17) is 9.47 Å². The van der Waals surface area contributed by atoms with Crippen LogP contribution in [-0.4, -0.2) is 34.7 Å². The Kier molecular flexibility index (Phi) is 4.40. The minimum atomic E-state index is -3.60. The van der Waals surface area contributed by atoms with Gasteiger partial charge in [-0.25, -0.2) is 12.8 Å². The van der Waals surface area contributed by atoms with Gasteiger partial charge in [-0.05, 0) is 18.2 Å². The number of halogens is 1. The van der Waals surface area contributed by atoms with E-state index >= 15 is 0 Å². The van der Waals surface area contributed by atoms with Gasteiger partial charge in [0.25, 0.3) is 0 Å². The number of benzene rings is 1. The molecule has 0 fully saturated rings. The fraction of sp³-hybridized carbons (Fsp3) is 0.400. The Labute approximate surface area is 93.9 Å². The summed E-state index contributed by atoms with van der Waals surface area (Å²) < 4.78 is 46.0. The molecule has 0 aromatic heterocycles. The molecule has 0 N–H and O–H groups in total. The molecule has 0 aliphatic heterocycles. The Hall–Kier alpha value is -0.980. The van der Waals surface area contributed by atoms with Crippen LogP contribution < -0.4 is 0 Å². The smallest absolute Gasteiger partial charge is 0.183 e. The second-order valence-corrected chi connectivity index (χ2v) is 5.17. The SMILES string of the molecule is COC(CS(=O)(=O)c1cccc(F)c1)OC. The van der Waals surface area contributed by atoms with Crippen LogP contribution in [0.15, 0.2) is 29.2 Å². The van der Waals surface area contributed by atoms with Crippen molar-refractivity contribution in [1.82, 2.24) is 0 Å². The van der Waals surface area contributed by atoms with Gasteiger partial charge in [-0.3, -0.25) is 0 Å². The van der Waals surface area contributed by atoms with Crippen LogP contribution in [0.3, 0.4) is 0 Å². The maximum Gasteiger partial charge on any atom is 0.183 e. The Morgan fingerprint density at radius 2 is 1.94 bits per heavy atom. The number of hydrogen-bond acceptors (Lipinski definition) is 4. The summed E-state index contributed by atoms with van der Waals surface area (Å²) in [5.74, 6) is -0.934. The van der Waals surface area contributed by atoms with Crippen LogP contribution in [0.25, 0.3) is 0 Å². The van der Waals surface area contributed by atoms with E-state index in [-0.39, 0.29) is 10.6 Å². The second kappa shape index (κ2) is 5.38. The highest BCUT2D eigenvalue weighted by Crippen LogP contribution is 2.14. The van der Waals surface area contributed by atoms with Gasteiger partial charge in [-0.15, -0.1) is 0 Å². The third-order valence-corrected chi connectivity index (χ3v) is 3.72. The van der Waals surface area contributed by atoms with E-state index in [0.717, 1.165) is 6.07 Å². The number of ether oxygens (including phenoxy) is 2. The molecular formula is C10H13FO4S. The molecule has 6 heteroatoms. The zero-order valence-corrected chi connectivity index (χ0v) is 9.83. The van der Waals surface area contributed by atoms with Crippen molar-refractivity contribution in [1.29, 1.82) is 0 Å². The molecule has 0 radical (unpaired) electrons. The van der Waals surface area contributed by atoms with Crippen LogP contribution in [-0.2, 0) is 19.3 Å². The molecule has 0 unspecified atom stereocenters. The van der Waals surface area contributed by atoms with Crippen LogP contribution >= 0.6 is 0 Å². The lowest BCUT2D eigenvalue weighted by Gasteiger charge is -2.13. The highest BCUT2D eigenvalue weighted by Gasteiger charge is 2.21. The first-order valence-corrected chi connectivity index (χ1v) is 6.18. The number of hydrogen-bond donors (Lipinski definition) is 0. The van der Waals surface area contributed by atoms with Crippen molar-refractivity contribution >= 4 is 9.84 Å². The van der Waals surface area contributed by atoms with E-state index in [9.17, 15) is 12.8 Å². The molecule has 1 aromatic carbocycles. The summed E-state index contributed by atoms with van der Waals surface area (Å²) in [6.45, 7) is 0. The lowest BCUT2D eigenvalue weighted by molar-refractivity contribution is -0.0851. The van der Waals surface area contributed by atoms with Gasteiger partial charge in [0.2, 0.25) is 0 Å². The lowest BCUT2D eigenvalue weighted by Crippen LogP contribution is -2.24. The molecular weight excluding hydrogens is 235 g/mol. The maximum atomic E-state index is 12.9. The molecule has 16 heavy (non-hydrogen) atoms. The summed E-state index contributed by atoms with van der Waals surface area (Å²) in [5, 5.41) is 0. The summed E-state index contributed by atoms with van der Waals surface area (Å²) in [4.78, 5) is -0.0772. The molecule has 1 aromatic rings. The summed E-state index contributed by atoms with van der Waals surface area (Å²) in [6, 6.07) is 4.83. The molecule has 90 valence electrons. The van der Waals surface area contributed by atoms with Crippen molar-refractivity contribution in [3.8, 4) is 0 Å². The van der Waals surface area contributed by atoms with E-state index in [0.29, 0.717) is 0 Å². The molecule has 0 aliphatic rings. The molecule has 0 saturated heterocycles. The van der Waals surface area contributed by atoms with Crippen LogP contribution in [0.2, 0.25) is 0 Å². The zero-order chi connectivity index (χ0) is 12.2. The fourth-order valence-electron chi connectivity index (χ4n) is 1.17. The van der Waals surface area contributed by atoms with E-state index in [1.807, 2.05) is 0 Å². The second-order valence-electron chi connectivity index (χ2n) is 3.14. The largest absolute Gasteiger partial charge is 0.355 e. The van der Waals surface area contributed by atoms with Crippen molar-refractivity contribution < 1.29 is 22.3 Å². The van der Waals surface area contributed by atoms with Gasteiger partial charge in [-0.1, -0.05) is 6.07 Å². The molecule has 0 amide bonds. The highest BCUT2D eigenvalue weighted by atomic mass is 32.2. The first-order valence-electron chi connectivity index (χ1n) is 4.53. The van der Waals surface area contributed by atoms with Gasteiger partial charge in [0.1, 0.15) is 11.6 Å². The van der Waals surface area contributed by atoms with Gasteiger partial charge in [0, 0.05) is 14.2 Å². The molecule has 0 saturated carbocycles. The van der Waals surface area contributed by atoms with Crippen molar-refractivity contribution in [3.05, 3.63) is 30.1 Å². The molecule has 0 atom stereocenters. The summed E-state index contributed by atoms with van der Waals surface area (Å²) in [7, 11) is -0.911. The normalized spacial score (nSPS) is 12.0. The van der Waals surface area contributed by atoms with Crippen molar-refractivity contribution in [2.45, 2.75) is 11.2 Å². The Morgan fingerprint density at radius 3 is 2.44 bits per heavy atom. The monoisotopic (exact) mass is 248 g/mol. The highest BCUT2D eigenvalue weighted by molar-refractivity contribution is 7.91. The summed E-state index contributed by atoms with van der Waals surface area (Å²) in [5.41, 5.74) is 0. The maximum absolute atomic E-state index is 12.9. The van der Waals surface area contributed by atoms with Gasteiger partial charge < -0.3 is 9.47 Å². The first-order chi connectivity index (χ1) is 7.49. The van der Waals surface area contributed by atoms with Gasteiger partial charge in [-0.2, -0.15) is 0 Å². The standard InChI is InChI=1S/C10H13FO4S/c1-14-10(15-2)7-16(12,13)9-5-3-4-8(11)6-9/h3-6,10H,7H2,1-2H3. The minimum absolute atomic E-state index is 0.0772. The third kappa shape index (κ3) is 3.26. The van der Waals surface area contributed by atoms with Gasteiger partial charge in [0.05, 0.1) is 4.90 Å². The predicted octanol–water partition coefficient (Wildman–Crippen LogP) is 1.22. The predicted molar refractivity (Wildman–Crippen MR) is 56.3 cm³/mol. The average molecular weight is 248 g/mol. The van der Waals surface area contributed by atoms with E-state index in [1.165, 1.54) is 32.4 Å². The number of sulfone groups is 1. The van der Waals surface area contributed by atoms with Crippen molar-refractivity contribution in [2.24, 2.45) is 0 Å². The van der Waals surface area contributed by atoms with Crippen molar-refractivity contribution in [2.75, 3.05) is 20.0 Å². The van der Waals surface area contributed by atoms with Crippen LogP contribution in [0, 0.1) is 5.82 Å². The lowest BCUT2D eigenvalue weighted by atomic mass is 10.4. The van der Waals surface area contributed by atoms with E-state index in [2.05, 4.69) is 0 Å². The molecule has 0 bridgehead atoms. The molecule has 0 aliphatic carbocycles. The summed E-state index contributed by atoms with van der Waals surface area (Å²) in [6.07, 6.45) is -0.853. The van der Waals surface area contributed by atoms with Crippen molar-refractivity contribution in [3.63, 3.8) is 0 Å². The summed E-state index contributed by atoms with van der Waals surface area (Å²) >= 11 is 0. The molecule has 4 nitrogen and oxygen atoms in total. The van der Waals surface area contributed by atoms with E-state index in [1.54, 1.807) is 0 Å². The topological polar surface area (TPSA) is 52.6 Å². The van der Waals surface area contributed by atoms with Gasteiger partial charge in [0.15, 0.2) is 16.1 Å². The Morgan fingerprint density at radius 1 is 1.31 bits per heavy atom. The van der Waals surface area contributed by atoms with Gasteiger partial charge >= 0.3 is 0 Å². The first kappa shape index (κ1) is 13.1. The van der Waals surface area contributed by atoms with E-state index < -0.39 is 21.9 Å². The Bertz CT molecular complexity index is 440. The van der Waals surface area contributed by atoms with Crippen LogP contribution in [0.5, 0.6) is 0 Å². The minimum Gasteiger partial charge on any atom is -0.355 e. The number of rotatable bonds is 5. The number of methoxy groups -OCH3 is 2. The fourth-order valence-corrected chi connectivity index (χ4v) is 2.57. The Balaban J connectivity index is 2.94. The zero-order valence-electron chi connectivity index (χ0n) is 9.01. The third-order valence-electron chi connectivity index (χ3n) is 2.04. The van der Waals surface area contributed by atoms with Crippen LogP contribution in [0.1, 0.15) is 0 Å². The molecule has 1 rings (SSSR count). The van der Waals surface area contributed by atoms with Crippen LogP contribution in [0.4, 0.5) is 4.39 Å².